The van der Waals surface area contributed by atoms with E-state index in [1.54, 1.807) is 6.07 Å². The van der Waals surface area contributed by atoms with Crippen molar-refractivity contribution in [2.24, 2.45) is 0 Å². The third-order valence-corrected chi connectivity index (χ3v) is 3.07. The van der Waals surface area contributed by atoms with Gasteiger partial charge in [-0.3, -0.25) is 4.79 Å². The molecule has 2 rings (SSSR count). The minimum absolute atomic E-state index is 0.139. The van der Waals surface area contributed by atoms with Crippen molar-refractivity contribution in [1.82, 2.24) is 5.32 Å². The number of halogens is 2. The van der Waals surface area contributed by atoms with Crippen LogP contribution in [0.25, 0.3) is 0 Å². The summed E-state index contributed by atoms with van der Waals surface area (Å²) >= 11 is 5.98. The van der Waals surface area contributed by atoms with Crippen LogP contribution in [0.4, 0.5) is 4.39 Å². The van der Waals surface area contributed by atoms with Crippen LogP contribution < -0.4 is 10.1 Å². The molecule has 0 saturated heterocycles. The molecule has 1 unspecified atom stereocenters. The number of amides is 1. The first-order chi connectivity index (χ1) is 8.11. The third kappa shape index (κ3) is 2.88. The molecule has 5 heteroatoms. The van der Waals surface area contributed by atoms with Gasteiger partial charge < -0.3 is 10.1 Å². The molecule has 17 heavy (non-hydrogen) atoms. The van der Waals surface area contributed by atoms with E-state index in [2.05, 4.69) is 5.32 Å². The Hall–Kier alpha value is -1.29. The first-order valence-electron chi connectivity index (χ1n) is 5.39. The predicted molar refractivity (Wildman–Crippen MR) is 62.7 cm³/mol. The van der Waals surface area contributed by atoms with E-state index < -0.39 is 11.2 Å². The smallest absolute Gasteiger partial charge is 0.242 e. The van der Waals surface area contributed by atoms with Crippen LogP contribution in [0.5, 0.6) is 5.75 Å². The normalized spacial score (nSPS) is 16.4. The topological polar surface area (TPSA) is 38.3 Å². The zero-order chi connectivity index (χ0) is 12.4. The summed E-state index contributed by atoms with van der Waals surface area (Å²) < 4.78 is 18.2. The Kier molecular flexibility index (Phi) is 3.52. The third-order valence-electron chi connectivity index (χ3n) is 2.62. The van der Waals surface area contributed by atoms with E-state index >= 15 is 0 Å². The summed E-state index contributed by atoms with van der Waals surface area (Å²) in [6.07, 6.45) is 1.98. The van der Waals surface area contributed by atoms with E-state index in [-0.39, 0.29) is 17.7 Å². The molecule has 1 aliphatic carbocycles. The molecule has 0 bridgehead atoms. The van der Waals surface area contributed by atoms with Crippen LogP contribution in [-0.2, 0) is 4.79 Å². The average Bonchev–Trinajstić information content (AvgIpc) is 3.11. The Morgan fingerprint density at radius 2 is 2.29 bits per heavy atom. The summed E-state index contributed by atoms with van der Waals surface area (Å²) in [6.45, 7) is 0. The van der Waals surface area contributed by atoms with E-state index in [4.69, 9.17) is 16.3 Å². The number of methoxy groups -OCH3 is 1. The van der Waals surface area contributed by atoms with Gasteiger partial charge in [0.05, 0.1) is 7.11 Å². The van der Waals surface area contributed by atoms with Crippen LogP contribution in [0.15, 0.2) is 18.2 Å². The lowest BCUT2D eigenvalue weighted by atomic mass is 10.1. The van der Waals surface area contributed by atoms with Gasteiger partial charge in [-0.2, -0.15) is 0 Å². The molecule has 1 saturated carbocycles. The Labute approximate surface area is 104 Å². The lowest BCUT2D eigenvalue weighted by Gasteiger charge is -2.11. The highest BCUT2D eigenvalue weighted by atomic mass is 35.5. The molecular weight excluding hydrogens is 245 g/mol. The zero-order valence-corrected chi connectivity index (χ0v) is 10.1. The molecule has 0 spiro atoms. The molecule has 1 aromatic rings. The molecule has 0 heterocycles. The Bertz CT molecular complexity index is 435. The number of ether oxygens (including phenoxy) is 1. The van der Waals surface area contributed by atoms with Gasteiger partial charge in [-0.15, -0.1) is 11.6 Å². The molecule has 1 aliphatic rings. The van der Waals surface area contributed by atoms with Crippen LogP contribution in [0, 0.1) is 5.82 Å². The van der Waals surface area contributed by atoms with Crippen molar-refractivity contribution < 1.29 is 13.9 Å². The number of benzene rings is 1. The molecule has 1 amide bonds. The van der Waals surface area contributed by atoms with Gasteiger partial charge in [-0.25, -0.2) is 4.39 Å². The zero-order valence-electron chi connectivity index (χ0n) is 9.37. The maximum atomic E-state index is 13.4. The van der Waals surface area contributed by atoms with Crippen molar-refractivity contribution in [3.63, 3.8) is 0 Å². The van der Waals surface area contributed by atoms with Gasteiger partial charge in [0.2, 0.25) is 5.91 Å². The van der Waals surface area contributed by atoms with E-state index in [1.165, 1.54) is 19.2 Å². The standard InChI is InChI=1S/C12H13ClFNO2/c1-17-10-5-2-7(6-9(10)14)11(13)12(16)15-8-3-4-8/h2,5-6,8,11H,3-4H2,1H3,(H,15,16). The summed E-state index contributed by atoms with van der Waals surface area (Å²) in [4.78, 5) is 11.7. The maximum absolute atomic E-state index is 13.4. The van der Waals surface area contributed by atoms with E-state index in [0.717, 1.165) is 12.8 Å². The second-order valence-electron chi connectivity index (χ2n) is 4.04. The predicted octanol–water partition coefficient (Wildman–Crippen LogP) is 2.39. The second-order valence-corrected chi connectivity index (χ2v) is 4.48. The fourth-order valence-corrected chi connectivity index (χ4v) is 1.69. The van der Waals surface area contributed by atoms with Crippen LogP contribution in [0.2, 0.25) is 0 Å². The summed E-state index contributed by atoms with van der Waals surface area (Å²) in [6, 6.07) is 4.52. The summed E-state index contributed by atoms with van der Waals surface area (Å²) in [5.74, 6) is -0.658. The lowest BCUT2D eigenvalue weighted by molar-refractivity contribution is -0.121. The number of alkyl halides is 1. The van der Waals surface area contributed by atoms with Crippen molar-refractivity contribution in [2.75, 3.05) is 7.11 Å². The fourth-order valence-electron chi connectivity index (χ4n) is 1.49. The van der Waals surface area contributed by atoms with Gasteiger partial charge in [-0.1, -0.05) is 6.07 Å². The quantitative estimate of drug-likeness (QED) is 0.841. The fraction of sp³-hybridized carbons (Fsp3) is 0.417. The number of carbonyl (C=O) groups is 1. The van der Waals surface area contributed by atoms with Gasteiger partial charge in [0, 0.05) is 6.04 Å². The summed E-state index contributed by atoms with van der Waals surface area (Å²) in [5.41, 5.74) is 0.433. The first kappa shape index (κ1) is 12.2. The molecule has 0 radical (unpaired) electrons. The molecule has 0 aliphatic heterocycles. The van der Waals surface area contributed by atoms with Crippen LogP contribution in [0.3, 0.4) is 0 Å². The average molecular weight is 258 g/mol. The molecule has 1 atom stereocenters. The number of rotatable bonds is 4. The maximum Gasteiger partial charge on any atom is 0.242 e. The minimum atomic E-state index is -0.865. The van der Waals surface area contributed by atoms with Crippen LogP contribution in [-0.4, -0.2) is 19.1 Å². The molecule has 92 valence electrons. The van der Waals surface area contributed by atoms with E-state index in [9.17, 15) is 9.18 Å². The minimum Gasteiger partial charge on any atom is -0.494 e. The number of hydrogen-bond donors (Lipinski definition) is 1. The Morgan fingerprint density at radius 1 is 1.59 bits per heavy atom. The highest BCUT2D eigenvalue weighted by molar-refractivity contribution is 6.30. The lowest BCUT2D eigenvalue weighted by Crippen LogP contribution is -2.28. The molecule has 0 aromatic heterocycles. The van der Waals surface area contributed by atoms with Gasteiger partial charge in [0.15, 0.2) is 11.6 Å². The van der Waals surface area contributed by atoms with Gasteiger partial charge >= 0.3 is 0 Å². The van der Waals surface area contributed by atoms with Crippen molar-refractivity contribution in [2.45, 2.75) is 24.3 Å². The SMILES string of the molecule is COc1ccc(C(Cl)C(=O)NC2CC2)cc1F. The number of nitrogens with one attached hydrogen (secondary N) is 1. The number of hydrogen-bond acceptors (Lipinski definition) is 2. The van der Waals surface area contributed by atoms with Crippen molar-refractivity contribution in [3.05, 3.63) is 29.6 Å². The highest BCUT2D eigenvalue weighted by Gasteiger charge is 2.27. The Morgan fingerprint density at radius 3 is 2.82 bits per heavy atom. The van der Waals surface area contributed by atoms with Crippen molar-refractivity contribution >= 4 is 17.5 Å². The van der Waals surface area contributed by atoms with Crippen LogP contribution >= 0.6 is 11.6 Å². The van der Waals surface area contributed by atoms with Gasteiger partial charge in [-0.05, 0) is 30.5 Å². The molecular formula is C12H13ClFNO2. The summed E-state index contributed by atoms with van der Waals surface area (Å²) in [5, 5.41) is 1.91. The first-order valence-corrected chi connectivity index (χ1v) is 5.83. The van der Waals surface area contributed by atoms with E-state index in [1.807, 2.05) is 0 Å². The largest absolute Gasteiger partial charge is 0.494 e. The molecule has 1 aromatic carbocycles. The number of carbonyl (C=O) groups excluding carboxylic acids is 1. The highest BCUT2D eigenvalue weighted by Crippen LogP contribution is 2.27. The van der Waals surface area contributed by atoms with E-state index in [0.29, 0.717) is 5.56 Å². The second kappa shape index (κ2) is 4.92. The Balaban J connectivity index is 2.09. The van der Waals surface area contributed by atoms with Crippen molar-refractivity contribution in [1.29, 1.82) is 0 Å². The van der Waals surface area contributed by atoms with Gasteiger partial charge in [0.25, 0.3) is 0 Å². The summed E-state index contributed by atoms with van der Waals surface area (Å²) in [7, 11) is 1.38. The van der Waals surface area contributed by atoms with Crippen LogP contribution in [0.1, 0.15) is 23.8 Å². The van der Waals surface area contributed by atoms with Crippen molar-refractivity contribution in [3.8, 4) is 5.75 Å². The molecule has 1 N–H and O–H groups in total. The molecule has 3 nitrogen and oxygen atoms in total. The monoisotopic (exact) mass is 257 g/mol. The van der Waals surface area contributed by atoms with Gasteiger partial charge in [0.1, 0.15) is 5.38 Å². The molecule has 1 fully saturated rings.